The number of alkyl halides is 3. The third kappa shape index (κ3) is 10.0. The molecule has 3 N–H and O–H groups in total. The van der Waals surface area contributed by atoms with Gasteiger partial charge in [0.15, 0.2) is 12.6 Å². The van der Waals surface area contributed by atoms with Gasteiger partial charge in [-0.15, -0.1) is 0 Å². The number of amides is 1. The van der Waals surface area contributed by atoms with Gasteiger partial charge in [-0.05, 0) is 25.5 Å². The highest BCUT2D eigenvalue weighted by atomic mass is 19.4. The average Bonchev–Trinajstić information content (AvgIpc) is 2.63. The van der Waals surface area contributed by atoms with E-state index in [1.165, 1.54) is 7.11 Å². The topological polar surface area (TPSA) is 84.0 Å². The zero-order chi connectivity index (χ0) is 21.0. The third-order valence-electron chi connectivity index (χ3n) is 3.41. The molecule has 0 spiro atoms. The molecule has 0 aliphatic heterocycles. The van der Waals surface area contributed by atoms with Crippen LogP contribution in [0.2, 0.25) is 0 Å². The Morgan fingerprint density at radius 3 is 2.61 bits per heavy atom. The molecular formula is C18H27F3N4O3. The lowest BCUT2D eigenvalue weighted by Gasteiger charge is -2.14. The number of benzene rings is 1. The molecule has 10 heteroatoms. The van der Waals surface area contributed by atoms with E-state index in [9.17, 15) is 18.0 Å². The second-order valence-corrected chi connectivity index (χ2v) is 5.91. The van der Waals surface area contributed by atoms with Crippen LogP contribution in [0.25, 0.3) is 0 Å². The Kier molecular flexibility index (Phi) is 10.1. The van der Waals surface area contributed by atoms with Crippen LogP contribution in [-0.4, -0.2) is 58.0 Å². The minimum atomic E-state index is -4.42. The van der Waals surface area contributed by atoms with Crippen molar-refractivity contribution in [3.63, 3.8) is 0 Å². The van der Waals surface area contributed by atoms with Crippen LogP contribution < -0.4 is 20.7 Å². The van der Waals surface area contributed by atoms with E-state index in [1.807, 2.05) is 6.92 Å². The number of aliphatic imine (C=N–C) groups is 1. The Morgan fingerprint density at radius 1 is 1.21 bits per heavy atom. The second-order valence-electron chi connectivity index (χ2n) is 5.91. The van der Waals surface area contributed by atoms with Gasteiger partial charge in [0.25, 0.3) is 0 Å². The molecule has 1 amide bonds. The number of guanidine groups is 1. The van der Waals surface area contributed by atoms with E-state index in [-0.39, 0.29) is 24.7 Å². The van der Waals surface area contributed by atoms with Crippen molar-refractivity contribution in [1.82, 2.24) is 16.0 Å². The first-order valence-corrected chi connectivity index (χ1v) is 8.82. The SMILES string of the molecule is CCNC(=NCc1ccc(C)cc1OCC(F)(F)F)NCC(=O)NCCOC. The summed E-state index contributed by atoms with van der Waals surface area (Å²) in [5.41, 5.74) is 1.29. The molecule has 158 valence electrons. The van der Waals surface area contributed by atoms with Gasteiger partial charge in [-0.1, -0.05) is 12.1 Å². The van der Waals surface area contributed by atoms with Crippen molar-refractivity contribution in [3.05, 3.63) is 29.3 Å². The number of halogens is 3. The van der Waals surface area contributed by atoms with Crippen LogP contribution >= 0.6 is 0 Å². The fourth-order valence-electron chi connectivity index (χ4n) is 2.11. The molecule has 28 heavy (non-hydrogen) atoms. The van der Waals surface area contributed by atoms with Gasteiger partial charge >= 0.3 is 6.18 Å². The molecule has 0 bridgehead atoms. The van der Waals surface area contributed by atoms with Crippen LogP contribution in [-0.2, 0) is 16.1 Å². The largest absolute Gasteiger partial charge is 0.484 e. The summed E-state index contributed by atoms with van der Waals surface area (Å²) in [7, 11) is 1.54. The number of ether oxygens (including phenoxy) is 2. The molecule has 0 aliphatic carbocycles. The molecule has 1 rings (SSSR count). The highest BCUT2D eigenvalue weighted by Gasteiger charge is 2.28. The van der Waals surface area contributed by atoms with E-state index in [4.69, 9.17) is 9.47 Å². The Morgan fingerprint density at radius 2 is 1.96 bits per heavy atom. The molecule has 0 aliphatic rings. The molecule has 1 aromatic carbocycles. The van der Waals surface area contributed by atoms with Gasteiger partial charge in [-0.2, -0.15) is 13.2 Å². The van der Waals surface area contributed by atoms with Gasteiger partial charge < -0.3 is 25.4 Å². The van der Waals surface area contributed by atoms with Gasteiger partial charge in [-0.25, -0.2) is 4.99 Å². The number of aryl methyl sites for hydroxylation is 1. The molecule has 0 fully saturated rings. The maximum atomic E-state index is 12.5. The van der Waals surface area contributed by atoms with E-state index in [0.717, 1.165) is 5.56 Å². The first kappa shape index (κ1) is 23.5. The number of nitrogens with one attached hydrogen (secondary N) is 3. The predicted octanol–water partition coefficient (Wildman–Crippen LogP) is 1.75. The Bertz CT molecular complexity index is 651. The summed E-state index contributed by atoms with van der Waals surface area (Å²) in [6.07, 6.45) is -4.42. The lowest BCUT2D eigenvalue weighted by Crippen LogP contribution is -2.43. The standard InChI is InChI=1S/C18H27F3N4O3/c1-4-22-17(25-11-16(26)23-7-8-27-3)24-10-14-6-5-13(2)9-15(14)28-12-18(19,20)21/h5-6,9H,4,7-8,10-12H2,1-3H3,(H,23,26)(H2,22,24,25). The highest BCUT2D eigenvalue weighted by Crippen LogP contribution is 2.24. The van der Waals surface area contributed by atoms with Crippen molar-refractivity contribution in [2.45, 2.75) is 26.6 Å². The van der Waals surface area contributed by atoms with Gasteiger partial charge in [0, 0.05) is 25.8 Å². The highest BCUT2D eigenvalue weighted by molar-refractivity contribution is 5.86. The molecule has 0 saturated heterocycles. The van der Waals surface area contributed by atoms with E-state index >= 15 is 0 Å². The molecule has 0 heterocycles. The molecular weight excluding hydrogens is 377 g/mol. The summed E-state index contributed by atoms with van der Waals surface area (Å²) < 4.78 is 47.1. The van der Waals surface area contributed by atoms with Crippen LogP contribution in [0, 0.1) is 6.92 Å². The van der Waals surface area contributed by atoms with Crippen molar-refractivity contribution in [2.75, 3.05) is 40.0 Å². The summed E-state index contributed by atoms with van der Waals surface area (Å²) in [4.78, 5) is 16.0. The summed E-state index contributed by atoms with van der Waals surface area (Å²) in [5, 5.41) is 8.51. The minimum Gasteiger partial charge on any atom is -0.484 e. The minimum absolute atomic E-state index is 0.000869. The van der Waals surface area contributed by atoms with Crippen molar-refractivity contribution < 1.29 is 27.4 Å². The molecule has 0 radical (unpaired) electrons. The van der Waals surface area contributed by atoms with E-state index in [0.29, 0.717) is 31.2 Å². The fourth-order valence-corrected chi connectivity index (χ4v) is 2.11. The van der Waals surface area contributed by atoms with Crippen LogP contribution in [0.3, 0.4) is 0 Å². The molecule has 0 saturated carbocycles. The Labute approximate surface area is 162 Å². The number of hydrogen-bond acceptors (Lipinski definition) is 4. The third-order valence-corrected chi connectivity index (χ3v) is 3.41. The van der Waals surface area contributed by atoms with E-state index in [1.54, 1.807) is 25.1 Å². The zero-order valence-electron chi connectivity index (χ0n) is 16.3. The van der Waals surface area contributed by atoms with Crippen LogP contribution in [0.1, 0.15) is 18.1 Å². The van der Waals surface area contributed by atoms with Crippen LogP contribution in [0.15, 0.2) is 23.2 Å². The Hall–Kier alpha value is -2.49. The molecule has 7 nitrogen and oxygen atoms in total. The van der Waals surface area contributed by atoms with Gasteiger partial charge in [0.05, 0.1) is 19.7 Å². The molecule has 0 atom stereocenters. The second kappa shape index (κ2) is 12.1. The number of methoxy groups -OCH3 is 1. The Balaban J connectivity index is 2.74. The number of rotatable bonds is 10. The quantitative estimate of drug-likeness (QED) is 0.314. The predicted molar refractivity (Wildman–Crippen MR) is 100 cm³/mol. The monoisotopic (exact) mass is 404 g/mol. The van der Waals surface area contributed by atoms with E-state index in [2.05, 4.69) is 20.9 Å². The van der Waals surface area contributed by atoms with Crippen LogP contribution in [0.4, 0.5) is 13.2 Å². The molecule has 0 unspecified atom stereocenters. The van der Waals surface area contributed by atoms with E-state index < -0.39 is 12.8 Å². The number of carbonyl (C=O) groups is 1. The number of nitrogens with zero attached hydrogens (tertiary/aromatic N) is 1. The lowest BCUT2D eigenvalue weighted by atomic mass is 10.1. The van der Waals surface area contributed by atoms with Gasteiger partial charge in [0.1, 0.15) is 5.75 Å². The first-order valence-electron chi connectivity index (χ1n) is 8.82. The molecule has 0 aromatic heterocycles. The first-order chi connectivity index (χ1) is 13.2. The van der Waals surface area contributed by atoms with Crippen LogP contribution in [0.5, 0.6) is 5.75 Å². The maximum Gasteiger partial charge on any atom is 0.422 e. The van der Waals surface area contributed by atoms with Gasteiger partial charge in [-0.3, -0.25) is 4.79 Å². The smallest absolute Gasteiger partial charge is 0.422 e. The average molecular weight is 404 g/mol. The van der Waals surface area contributed by atoms with Crippen molar-refractivity contribution in [2.24, 2.45) is 4.99 Å². The number of carbonyl (C=O) groups excluding carboxylic acids is 1. The molecule has 1 aromatic rings. The summed E-state index contributed by atoms with van der Waals surface area (Å²) in [6.45, 7) is 3.72. The normalized spacial score (nSPS) is 11.9. The van der Waals surface area contributed by atoms with Crippen molar-refractivity contribution in [3.8, 4) is 5.75 Å². The zero-order valence-corrected chi connectivity index (χ0v) is 16.3. The van der Waals surface area contributed by atoms with Crippen molar-refractivity contribution >= 4 is 11.9 Å². The lowest BCUT2D eigenvalue weighted by molar-refractivity contribution is -0.153. The van der Waals surface area contributed by atoms with Gasteiger partial charge in [0.2, 0.25) is 5.91 Å². The summed E-state index contributed by atoms with van der Waals surface area (Å²) in [5.74, 6) is 0.271. The van der Waals surface area contributed by atoms with Crippen molar-refractivity contribution in [1.29, 1.82) is 0 Å². The fraction of sp³-hybridized carbons (Fsp3) is 0.556. The maximum absolute atomic E-state index is 12.5. The number of hydrogen-bond donors (Lipinski definition) is 3. The summed E-state index contributed by atoms with van der Waals surface area (Å²) in [6, 6.07) is 4.99. The summed E-state index contributed by atoms with van der Waals surface area (Å²) >= 11 is 0.